The fourth-order valence-corrected chi connectivity index (χ4v) is 6.13. The molecule has 5 rings (SSSR count). The van der Waals surface area contributed by atoms with Crippen molar-refractivity contribution >= 4 is 23.3 Å². The van der Waals surface area contributed by atoms with Gasteiger partial charge in [-0.3, -0.25) is 14.6 Å². The summed E-state index contributed by atoms with van der Waals surface area (Å²) in [4.78, 5) is 27.8. The molecule has 39 heavy (non-hydrogen) atoms. The molecule has 7 heteroatoms. The van der Waals surface area contributed by atoms with Gasteiger partial charge >= 0.3 is 5.97 Å². The van der Waals surface area contributed by atoms with E-state index in [0.717, 1.165) is 76.1 Å². The molecule has 0 bridgehead atoms. The third-order valence-corrected chi connectivity index (χ3v) is 8.31. The first-order valence-electron chi connectivity index (χ1n) is 14.0. The Morgan fingerprint density at radius 1 is 1.00 bits per heavy atom. The number of hydrogen-bond donors (Lipinski definition) is 3. The number of benzene rings is 3. The molecule has 1 amide bonds. The van der Waals surface area contributed by atoms with E-state index in [4.69, 9.17) is 0 Å². The third-order valence-electron chi connectivity index (χ3n) is 8.31. The van der Waals surface area contributed by atoms with Gasteiger partial charge in [-0.15, -0.1) is 5.53 Å². The zero-order valence-corrected chi connectivity index (χ0v) is 23.3. The molecule has 2 aliphatic heterocycles. The number of carboxylic acid groups (broad SMARTS) is 1. The van der Waals surface area contributed by atoms with Crippen molar-refractivity contribution in [1.29, 1.82) is 0 Å². The molecular formula is C32H38N4O3. The van der Waals surface area contributed by atoms with E-state index in [0.29, 0.717) is 13.1 Å². The van der Waals surface area contributed by atoms with Crippen LogP contribution in [-0.2, 0) is 30.6 Å². The number of anilines is 2. The van der Waals surface area contributed by atoms with Crippen LogP contribution in [0, 0.1) is 6.92 Å². The molecule has 3 N–H and O–H groups in total. The molecule has 0 aliphatic carbocycles. The van der Waals surface area contributed by atoms with Gasteiger partial charge in [-0.25, -0.2) is 0 Å². The first-order chi connectivity index (χ1) is 18.9. The van der Waals surface area contributed by atoms with Crippen LogP contribution in [0.2, 0.25) is 0 Å². The molecule has 7 nitrogen and oxygen atoms in total. The van der Waals surface area contributed by atoms with Crippen LogP contribution < -0.4 is 16.0 Å². The molecule has 2 heterocycles. The summed E-state index contributed by atoms with van der Waals surface area (Å²) in [6.07, 6.45) is 2.43. The summed E-state index contributed by atoms with van der Waals surface area (Å²) < 4.78 is 0. The van der Waals surface area contributed by atoms with Crippen LogP contribution in [-0.4, -0.2) is 35.0 Å². The highest BCUT2D eigenvalue weighted by Gasteiger charge is 2.29. The number of carbonyl (C=O) groups excluding carboxylic acids is 1. The Balaban J connectivity index is 1.48. The van der Waals surface area contributed by atoms with E-state index in [1.54, 1.807) is 0 Å². The van der Waals surface area contributed by atoms with Crippen molar-refractivity contribution in [3.05, 3.63) is 93.0 Å². The van der Waals surface area contributed by atoms with Gasteiger partial charge in [0.1, 0.15) is 0 Å². The lowest BCUT2D eigenvalue weighted by atomic mass is 9.83. The molecule has 0 saturated heterocycles. The normalized spacial score (nSPS) is 15.0. The first kappa shape index (κ1) is 26.8. The van der Waals surface area contributed by atoms with Gasteiger partial charge in [0, 0.05) is 31.1 Å². The van der Waals surface area contributed by atoms with Crippen LogP contribution in [0.25, 0.3) is 0 Å². The van der Waals surface area contributed by atoms with Crippen molar-refractivity contribution in [3.8, 4) is 0 Å². The van der Waals surface area contributed by atoms with Crippen LogP contribution in [0.4, 0.5) is 11.4 Å². The summed E-state index contributed by atoms with van der Waals surface area (Å²) >= 11 is 0. The van der Waals surface area contributed by atoms with Crippen molar-refractivity contribution in [3.63, 3.8) is 0 Å². The number of carbonyl (C=O) groups is 2. The Morgan fingerprint density at radius 2 is 1.74 bits per heavy atom. The number of nitrogens with zero attached hydrogens (tertiary/aromatic N) is 2. The first-order valence-corrected chi connectivity index (χ1v) is 14.0. The van der Waals surface area contributed by atoms with Gasteiger partial charge in [-0.1, -0.05) is 56.3 Å². The number of nitrogens with one attached hydrogen (secondary N) is 2. The predicted molar refractivity (Wildman–Crippen MR) is 155 cm³/mol. The number of hydrazine groups is 2. The summed E-state index contributed by atoms with van der Waals surface area (Å²) in [6.45, 7) is 10.3. The highest BCUT2D eigenvalue weighted by molar-refractivity contribution is 5.97. The number of hydrogen-bond acceptors (Lipinski definition) is 5. The van der Waals surface area contributed by atoms with Crippen molar-refractivity contribution in [2.24, 2.45) is 0 Å². The van der Waals surface area contributed by atoms with Gasteiger partial charge in [-0.2, -0.15) is 0 Å². The van der Waals surface area contributed by atoms with Crippen LogP contribution in [0.5, 0.6) is 0 Å². The van der Waals surface area contributed by atoms with Crippen molar-refractivity contribution in [2.45, 2.75) is 65.8 Å². The molecule has 0 radical (unpaired) electrons. The second-order valence-electron chi connectivity index (χ2n) is 10.5. The monoisotopic (exact) mass is 526 g/mol. The van der Waals surface area contributed by atoms with E-state index in [1.165, 1.54) is 5.56 Å². The molecule has 1 atom stereocenters. The molecule has 1 unspecified atom stereocenters. The Bertz CT molecular complexity index is 1390. The fraction of sp³-hybridized carbons (Fsp3) is 0.375. The molecule has 3 aromatic carbocycles. The Kier molecular flexibility index (Phi) is 7.62. The number of fused-ring (bicyclic) bond motifs is 2. The molecule has 3 aromatic rings. The summed E-state index contributed by atoms with van der Waals surface area (Å²) in [7, 11) is 0. The van der Waals surface area contributed by atoms with E-state index < -0.39 is 5.97 Å². The van der Waals surface area contributed by atoms with Gasteiger partial charge in [0.2, 0.25) is 0 Å². The number of aliphatic carboxylic acids is 1. The molecule has 2 aliphatic rings. The zero-order chi connectivity index (χ0) is 27.7. The van der Waals surface area contributed by atoms with Gasteiger partial charge in [0.25, 0.3) is 5.91 Å². The van der Waals surface area contributed by atoms with E-state index >= 15 is 0 Å². The minimum atomic E-state index is -0.834. The second kappa shape index (κ2) is 11.1. The van der Waals surface area contributed by atoms with Crippen molar-refractivity contribution in [1.82, 2.24) is 10.4 Å². The Morgan fingerprint density at radius 3 is 2.41 bits per heavy atom. The van der Waals surface area contributed by atoms with Gasteiger partial charge in [0.05, 0.1) is 17.8 Å². The molecule has 0 saturated carbocycles. The van der Waals surface area contributed by atoms with E-state index in [9.17, 15) is 14.7 Å². The predicted octanol–water partition coefficient (Wildman–Crippen LogP) is 5.60. The Labute approximate surface area is 230 Å². The van der Waals surface area contributed by atoms with Crippen LogP contribution in [0.3, 0.4) is 0 Å². The molecule has 0 aromatic heterocycles. The lowest BCUT2D eigenvalue weighted by Gasteiger charge is -2.31. The smallest absolute Gasteiger partial charge is 0.304 e. The quantitative estimate of drug-likeness (QED) is 0.355. The summed E-state index contributed by atoms with van der Waals surface area (Å²) in [5.41, 5.74) is 16.9. The summed E-state index contributed by atoms with van der Waals surface area (Å²) in [5, 5.41) is 11.9. The minimum absolute atomic E-state index is 0.00425. The minimum Gasteiger partial charge on any atom is -0.481 e. The highest BCUT2D eigenvalue weighted by atomic mass is 16.4. The molecular weight excluding hydrogens is 488 g/mol. The second-order valence-corrected chi connectivity index (χ2v) is 10.5. The SMILES string of the molecule is CCc1cccc(CC)c1C(=O)N1CCc2ccc(C(CC(=O)O)c3ccc4c(c3C)NNN4CC)cc2C1. The average molecular weight is 527 g/mol. The fourth-order valence-electron chi connectivity index (χ4n) is 6.13. The zero-order valence-electron chi connectivity index (χ0n) is 23.3. The maximum Gasteiger partial charge on any atom is 0.304 e. The Hall–Kier alpha value is -3.84. The van der Waals surface area contributed by atoms with Crippen molar-refractivity contribution < 1.29 is 14.7 Å². The average Bonchev–Trinajstić information content (AvgIpc) is 3.39. The van der Waals surface area contributed by atoms with Gasteiger partial charge < -0.3 is 15.4 Å². The van der Waals surface area contributed by atoms with Gasteiger partial charge in [0.15, 0.2) is 0 Å². The lowest BCUT2D eigenvalue weighted by molar-refractivity contribution is -0.137. The summed E-state index contributed by atoms with van der Waals surface area (Å²) in [5.74, 6) is -1.04. The summed E-state index contributed by atoms with van der Waals surface area (Å²) in [6, 6.07) is 16.6. The molecule has 204 valence electrons. The maximum atomic E-state index is 13.8. The number of carboxylic acids is 1. The van der Waals surface area contributed by atoms with Crippen molar-refractivity contribution in [2.75, 3.05) is 23.5 Å². The highest BCUT2D eigenvalue weighted by Crippen LogP contribution is 2.40. The molecule has 0 fully saturated rings. The third kappa shape index (κ3) is 4.99. The van der Waals surface area contributed by atoms with E-state index in [1.807, 2.05) is 22.9 Å². The number of aryl methyl sites for hydroxylation is 2. The number of rotatable bonds is 8. The number of amides is 1. The molecule has 0 spiro atoms. The van der Waals surface area contributed by atoms with E-state index in [2.05, 4.69) is 74.2 Å². The van der Waals surface area contributed by atoms with Crippen LogP contribution >= 0.6 is 0 Å². The van der Waals surface area contributed by atoms with Gasteiger partial charge in [-0.05, 0) is 78.1 Å². The van der Waals surface area contributed by atoms with E-state index in [-0.39, 0.29) is 18.2 Å². The maximum absolute atomic E-state index is 13.8. The van der Waals surface area contributed by atoms with Crippen LogP contribution in [0.1, 0.15) is 82.4 Å². The topological polar surface area (TPSA) is 84.9 Å². The van der Waals surface area contributed by atoms with Crippen LogP contribution in [0.15, 0.2) is 48.5 Å². The largest absolute Gasteiger partial charge is 0.481 e. The standard InChI is InChI=1S/C32H38N4O3/c1-5-21-9-8-10-22(6-2)30(21)32(39)35-16-15-23-11-12-24(17-25(23)19-35)27(18-29(37)38)26-13-14-28-31(20(26)4)33-34-36(28)7-3/h8-14,17,27,33-34H,5-7,15-16,18-19H2,1-4H3,(H,37,38). The lowest BCUT2D eigenvalue weighted by Crippen LogP contribution is -2.37.